The lowest BCUT2D eigenvalue weighted by atomic mass is 10.1. The largest absolute Gasteiger partial charge is 0.265 e. The van der Waals surface area contributed by atoms with E-state index in [0.717, 1.165) is 6.26 Å². The number of halogens is 2. The van der Waals surface area contributed by atoms with Crippen molar-refractivity contribution >= 4 is 9.84 Å². The molecule has 0 saturated heterocycles. The van der Waals surface area contributed by atoms with Crippen molar-refractivity contribution in [3.63, 3.8) is 0 Å². The van der Waals surface area contributed by atoms with Crippen molar-refractivity contribution in [2.75, 3.05) is 6.26 Å². The summed E-state index contributed by atoms with van der Waals surface area (Å²) < 4.78 is 50.8. The molecule has 0 aliphatic heterocycles. The molecule has 0 bridgehead atoms. The van der Waals surface area contributed by atoms with Crippen LogP contribution in [0, 0.1) is 20.8 Å². The van der Waals surface area contributed by atoms with Gasteiger partial charge in [-0.05, 0) is 32.4 Å². The molecule has 0 aliphatic carbocycles. The van der Waals surface area contributed by atoms with E-state index in [2.05, 4.69) is 10.1 Å². The molecule has 0 aromatic carbocycles. The van der Waals surface area contributed by atoms with Gasteiger partial charge in [-0.3, -0.25) is 9.67 Å². The van der Waals surface area contributed by atoms with Crippen LogP contribution in [-0.2, 0) is 16.9 Å². The number of nitrogens with zero attached hydrogens (tertiary/aromatic N) is 3. The highest BCUT2D eigenvalue weighted by Gasteiger charge is 2.24. The molecule has 0 N–H and O–H groups in total. The summed E-state index contributed by atoms with van der Waals surface area (Å²) in [5, 5.41) is 4.31. The number of hydrogen-bond donors (Lipinski definition) is 0. The van der Waals surface area contributed by atoms with Crippen LogP contribution in [0.25, 0.3) is 11.4 Å². The maximum absolute atomic E-state index is 12.9. The van der Waals surface area contributed by atoms with Crippen molar-refractivity contribution in [3.05, 3.63) is 28.5 Å². The minimum absolute atomic E-state index is 0. The highest BCUT2D eigenvalue weighted by molar-refractivity contribution is 7.90. The molecule has 2 heterocycles. The summed E-state index contributed by atoms with van der Waals surface area (Å²) in [5.41, 5.74) is 1.89. The van der Waals surface area contributed by atoms with Crippen LogP contribution >= 0.6 is 0 Å². The van der Waals surface area contributed by atoms with Gasteiger partial charge in [0.15, 0.2) is 14.9 Å². The normalized spacial score (nSPS) is 11.7. The Morgan fingerprint density at radius 2 is 1.74 bits per heavy atom. The smallest absolute Gasteiger partial charge is 0.256 e. The monoisotopic (exact) mass is 345 g/mol. The fraction of sp³-hybridized carbons (Fsp3) is 0.467. The number of sulfone groups is 1. The molecule has 0 atom stereocenters. The second-order valence-corrected chi connectivity index (χ2v) is 7.23. The molecule has 5 nitrogen and oxygen atoms in total. The summed E-state index contributed by atoms with van der Waals surface area (Å²) in [6.45, 7) is 4.79. The average molecular weight is 345 g/mol. The van der Waals surface area contributed by atoms with Gasteiger partial charge in [0.05, 0.1) is 5.69 Å². The molecule has 0 fully saturated rings. The van der Waals surface area contributed by atoms with E-state index in [1.54, 1.807) is 13.8 Å². The fourth-order valence-electron chi connectivity index (χ4n) is 2.54. The first-order valence-electron chi connectivity index (χ1n) is 6.54. The molecule has 0 amide bonds. The van der Waals surface area contributed by atoms with E-state index in [-0.39, 0.29) is 23.7 Å². The lowest BCUT2D eigenvalue weighted by molar-refractivity contribution is 0.150. The minimum atomic E-state index is -3.44. The molecule has 2 aromatic rings. The summed E-state index contributed by atoms with van der Waals surface area (Å²) in [6, 6.07) is 1.37. The molecule has 23 heavy (non-hydrogen) atoms. The summed E-state index contributed by atoms with van der Waals surface area (Å²) in [7, 11) is -1.91. The first-order valence-corrected chi connectivity index (χ1v) is 8.43. The van der Waals surface area contributed by atoms with Crippen molar-refractivity contribution < 1.29 is 17.2 Å². The van der Waals surface area contributed by atoms with Gasteiger partial charge in [0, 0.05) is 30.1 Å². The maximum Gasteiger partial charge on any atom is 0.265 e. The molecule has 0 radical (unpaired) electrons. The molecule has 0 unspecified atom stereocenters. The molecule has 0 saturated carbocycles. The van der Waals surface area contributed by atoms with E-state index < -0.39 is 16.3 Å². The van der Waals surface area contributed by atoms with Gasteiger partial charge in [-0.15, -0.1) is 0 Å². The lowest BCUT2D eigenvalue weighted by Gasteiger charge is -2.09. The maximum atomic E-state index is 12.9. The van der Waals surface area contributed by atoms with Crippen LogP contribution in [0.1, 0.15) is 36.2 Å². The number of hydrogen-bond acceptors (Lipinski definition) is 4. The number of aromatic nitrogens is 3. The molecule has 0 spiro atoms. The van der Waals surface area contributed by atoms with Crippen LogP contribution < -0.4 is 0 Å². The van der Waals surface area contributed by atoms with E-state index in [9.17, 15) is 17.2 Å². The second kappa shape index (κ2) is 6.35. The Morgan fingerprint density at radius 1 is 1.17 bits per heavy atom. The van der Waals surface area contributed by atoms with Crippen molar-refractivity contribution in [2.45, 2.75) is 39.6 Å². The van der Waals surface area contributed by atoms with Crippen molar-refractivity contribution in [3.8, 4) is 11.4 Å². The molecular weight excluding hydrogens is 324 g/mol. The Bertz CT molecular complexity index is 843. The number of aryl methyl sites for hydroxylation is 3. The zero-order chi connectivity index (χ0) is 16.8. The zero-order valence-electron chi connectivity index (χ0n) is 13.0. The Morgan fingerprint density at radius 3 is 2.17 bits per heavy atom. The van der Waals surface area contributed by atoms with Gasteiger partial charge in [-0.2, -0.15) is 5.10 Å². The highest BCUT2D eigenvalue weighted by atomic mass is 32.2. The summed E-state index contributed by atoms with van der Waals surface area (Å²) in [5.74, 6) is 0. The SMILES string of the molecule is C.Cc1cc(C(F)F)c(C)nc1-c1nn(C)c(S(C)(=O)=O)c1C. The first-order chi connectivity index (χ1) is 10.0. The molecule has 8 heteroatoms. The third-order valence-electron chi connectivity index (χ3n) is 3.47. The Kier molecular flexibility index (Phi) is 5.30. The summed E-state index contributed by atoms with van der Waals surface area (Å²) >= 11 is 0. The Labute approximate surface area is 135 Å². The van der Waals surface area contributed by atoms with Crippen LogP contribution in [0.2, 0.25) is 0 Å². The van der Waals surface area contributed by atoms with Crippen molar-refractivity contribution in [1.82, 2.24) is 14.8 Å². The standard InChI is InChI=1S/C14H17F2N3O2S.CH4/c1-7-6-10(13(15)16)9(3)17-11(7)12-8(2)14(19(4)18-12)22(5,20)21;/h6,13H,1-5H3;1H4. The summed E-state index contributed by atoms with van der Waals surface area (Å²) in [4.78, 5) is 4.21. The predicted molar refractivity (Wildman–Crippen MR) is 85.4 cm³/mol. The van der Waals surface area contributed by atoms with Crippen LogP contribution in [-0.4, -0.2) is 29.4 Å². The van der Waals surface area contributed by atoms with Gasteiger partial charge >= 0.3 is 0 Å². The van der Waals surface area contributed by atoms with Gasteiger partial charge in [0.1, 0.15) is 5.69 Å². The van der Waals surface area contributed by atoms with E-state index in [1.807, 2.05) is 0 Å². The third-order valence-corrected chi connectivity index (χ3v) is 4.75. The molecular formula is C15H21F2N3O2S. The number of pyridine rings is 1. The zero-order valence-corrected chi connectivity index (χ0v) is 13.8. The second-order valence-electron chi connectivity index (χ2n) is 5.30. The van der Waals surface area contributed by atoms with Crippen LogP contribution in [0.15, 0.2) is 11.1 Å². The molecule has 2 aromatic heterocycles. The Hall–Kier alpha value is -1.83. The number of rotatable bonds is 3. The van der Waals surface area contributed by atoms with E-state index in [0.29, 0.717) is 22.5 Å². The fourth-order valence-corrected chi connectivity index (χ4v) is 3.72. The van der Waals surface area contributed by atoms with Crippen LogP contribution in [0.3, 0.4) is 0 Å². The van der Waals surface area contributed by atoms with Gasteiger partial charge in [0.25, 0.3) is 6.43 Å². The van der Waals surface area contributed by atoms with E-state index in [4.69, 9.17) is 0 Å². The predicted octanol–water partition coefficient (Wildman–Crippen LogP) is 3.38. The van der Waals surface area contributed by atoms with Crippen molar-refractivity contribution in [2.24, 2.45) is 7.05 Å². The topological polar surface area (TPSA) is 64.8 Å². The average Bonchev–Trinajstić information content (AvgIpc) is 2.66. The number of alkyl halides is 2. The van der Waals surface area contributed by atoms with Gasteiger partial charge in [0.2, 0.25) is 0 Å². The van der Waals surface area contributed by atoms with E-state index in [1.165, 1.54) is 24.7 Å². The molecule has 128 valence electrons. The van der Waals surface area contributed by atoms with E-state index >= 15 is 0 Å². The van der Waals surface area contributed by atoms with Gasteiger partial charge in [-0.25, -0.2) is 17.2 Å². The van der Waals surface area contributed by atoms with Gasteiger partial charge in [-0.1, -0.05) is 7.43 Å². The summed E-state index contributed by atoms with van der Waals surface area (Å²) in [6.07, 6.45) is -1.50. The molecule has 0 aliphatic rings. The first kappa shape index (κ1) is 19.2. The quantitative estimate of drug-likeness (QED) is 0.855. The highest BCUT2D eigenvalue weighted by Crippen LogP contribution is 2.31. The van der Waals surface area contributed by atoms with Crippen LogP contribution in [0.5, 0.6) is 0 Å². The lowest BCUT2D eigenvalue weighted by Crippen LogP contribution is -2.06. The minimum Gasteiger partial charge on any atom is -0.256 e. The molecule has 2 rings (SSSR count). The van der Waals surface area contributed by atoms with Crippen LogP contribution in [0.4, 0.5) is 8.78 Å². The Balaban J connectivity index is 0.00000264. The van der Waals surface area contributed by atoms with Gasteiger partial charge < -0.3 is 0 Å². The van der Waals surface area contributed by atoms with Crippen molar-refractivity contribution in [1.29, 1.82) is 0 Å². The third kappa shape index (κ3) is 3.41.